The SMILES string of the molecule is Fc1ccc(Nc2ccnc(Cl)n2)cc1F. The Bertz CT molecular complexity index is 519. The van der Waals surface area contributed by atoms with Gasteiger partial charge in [-0.3, -0.25) is 0 Å². The minimum Gasteiger partial charge on any atom is -0.340 e. The van der Waals surface area contributed by atoms with E-state index < -0.39 is 11.6 Å². The molecule has 0 radical (unpaired) electrons. The van der Waals surface area contributed by atoms with Crippen molar-refractivity contribution in [3.8, 4) is 0 Å². The van der Waals surface area contributed by atoms with Gasteiger partial charge in [-0.2, -0.15) is 0 Å². The van der Waals surface area contributed by atoms with E-state index >= 15 is 0 Å². The molecule has 1 aromatic carbocycles. The highest BCUT2D eigenvalue weighted by atomic mass is 35.5. The zero-order chi connectivity index (χ0) is 11.5. The van der Waals surface area contributed by atoms with Crippen LogP contribution < -0.4 is 5.32 Å². The molecule has 3 nitrogen and oxygen atoms in total. The zero-order valence-corrected chi connectivity index (χ0v) is 8.67. The standard InChI is InChI=1S/C10H6ClF2N3/c11-10-14-4-3-9(16-10)15-6-1-2-7(12)8(13)5-6/h1-5H,(H,14,15,16). The molecular weight excluding hydrogens is 236 g/mol. The van der Waals surface area contributed by atoms with E-state index in [4.69, 9.17) is 11.6 Å². The van der Waals surface area contributed by atoms with Crippen LogP contribution in [0.4, 0.5) is 20.3 Å². The molecule has 1 N–H and O–H groups in total. The molecule has 82 valence electrons. The summed E-state index contributed by atoms with van der Waals surface area (Å²) < 4.78 is 25.5. The molecule has 0 unspecified atom stereocenters. The highest BCUT2D eigenvalue weighted by molar-refractivity contribution is 6.28. The van der Waals surface area contributed by atoms with E-state index in [9.17, 15) is 8.78 Å². The minimum absolute atomic E-state index is 0.0765. The lowest BCUT2D eigenvalue weighted by Crippen LogP contribution is -1.95. The molecule has 0 aliphatic carbocycles. The Balaban J connectivity index is 2.24. The minimum atomic E-state index is -0.926. The predicted molar refractivity (Wildman–Crippen MR) is 56.7 cm³/mol. The number of anilines is 2. The molecule has 2 aromatic rings. The number of nitrogens with one attached hydrogen (secondary N) is 1. The smallest absolute Gasteiger partial charge is 0.224 e. The highest BCUT2D eigenvalue weighted by Gasteiger charge is 2.03. The second-order valence-corrected chi connectivity index (χ2v) is 3.30. The molecule has 0 aliphatic rings. The normalized spacial score (nSPS) is 10.2. The van der Waals surface area contributed by atoms with Crippen LogP contribution in [0.1, 0.15) is 0 Å². The van der Waals surface area contributed by atoms with E-state index in [1.54, 1.807) is 6.07 Å². The number of rotatable bonds is 2. The van der Waals surface area contributed by atoms with Crippen molar-refractivity contribution in [2.24, 2.45) is 0 Å². The third-order valence-electron chi connectivity index (χ3n) is 1.82. The van der Waals surface area contributed by atoms with Gasteiger partial charge in [0.1, 0.15) is 5.82 Å². The Morgan fingerprint density at radius 1 is 1.12 bits per heavy atom. The Kier molecular flexibility index (Phi) is 2.96. The van der Waals surface area contributed by atoms with Gasteiger partial charge in [-0.15, -0.1) is 0 Å². The average molecular weight is 242 g/mol. The monoisotopic (exact) mass is 241 g/mol. The van der Waals surface area contributed by atoms with Crippen molar-refractivity contribution >= 4 is 23.1 Å². The Morgan fingerprint density at radius 3 is 2.62 bits per heavy atom. The van der Waals surface area contributed by atoms with Gasteiger partial charge in [0.05, 0.1) is 0 Å². The molecule has 0 fully saturated rings. The summed E-state index contributed by atoms with van der Waals surface area (Å²) >= 11 is 5.57. The van der Waals surface area contributed by atoms with Crippen molar-refractivity contribution < 1.29 is 8.78 Å². The fraction of sp³-hybridized carbons (Fsp3) is 0. The van der Waals surface area contributed by atoms with Gasteiger partial charge >= 0.3 is 0 Å². The first-order chi connectivity index (χ1) is 7.65. The first-order valence-corrected chi connectivity index (χ1v) is 4.73. The molecule has 0 bridgehead atoms. The maximum atomic E-state index is 12.9. The summed E-state index contributed by atoms with van der Waals surface area (Å²) in [6.07, 6.45) is 1.46. The van der Waals surface area contributed by atoms with Crippen molar-refractivity contribution in [1.29, 1.82) is 0 Å². The average Bonchev–Trinajstić information content (AvgIpc) is 2.24. The largest absolute Gasteiger partial charge is 0.340 e. The molecule has 0 spiro atoms. The number of aromatic nitrogens is 2. The maximum Gasteiger partial charge on any atom is 0.224 e. The summed E-state index contributed by atoms with van der Waals surface area (Å²) in [7, 11) is 0. The van der Waals surface area contributed by atoms with E-state index in [0.29, 0.717) is 11.5 Å². The number of hydrogen-bond acceptors (Lipinski definition) is 3. The van der Waals surface area contributed by atoms with Gasteiger partial charge in [0, 0.05) is 18.0 Å². The van der Waals surface area contributed by atoms with E-state index in [-0.39, 0.29) is 5.28 Å². The van der Waals surface area contributed by atoms with E-state index in [2.05, 4.69) is 15.3 Å². The van der Waals surface area contributed by atoms with Crippen molar-refractivity contribution in [3.05, 3.63) is 47.4 Å². The molecule has 0 saturated heterocycles. The zero-order valence-electron chi connectivity index (χ0n) is 7.92. The van der Waals surface area contributed by atoms with Crippen LogP contribution in [0.25, 0.3) is 0 Å². The number of nitrogens with zero attached hydrogens (tertiary/aromatic N) is 2. The van der Waals surface area contributed by atoms with Gasteiger partial charge in [-0.05, 0) is 29.8 Å². The van der Waals surface area contributed by atoms with Gasteiger partial charge in [0.25, 0.3) is 0 Å². The molecule has 1 heterocycles. The van der Waals surface area contributed by atoms with Crippen LogP contribution in [0.3, 0.4) is 0 Å². The van der Waals surface area contributed by atoms with Crippen LogP contribution >= 0.6 is 11.6 Å². The predicted octanol–water partition coefficient (Wildman–Crippen LogP) is 3.15. The van der Waals surface area contributed by atoms with Crippen molar-refractivity contribution in [1.82, 2.24) is 9.97 Å². The van der Waals surface area contributed by atoms with Crippen LogP contribution in [-0.2, 0) is 0 Å². The summed E-state index contributed by atoms with van der Waals surface area (Å²) in [5, 5.41) is 2.85. The third-order valence-corrected chi connectivity index (χ3v) is 2.00. The first kappa shape index (κ1) is 10.8. The lowest BCUT2D eigenvalue weighted by Gasteiger charge is -2.05. The van der Waals surface area contributed by atoms with Gasteiger partial charge in [-0.1, -0.05) is 0 Å². The Labute approximate surface area is 95.1 Å². The number of benzene rings is 1. The number of halogens is 3. The second-order valence-electron chi connectivity index (χ2n) is 2.96. The summed E-state index contributed by atoms with van der Waals surface area (Å²) in [4.78, 5) is 7.54. The van der Waals surface area contributed by atoms with Crippen molar-refractivity contribution in [3.63, 3.8) is 0 Å². The van der Waals surface area contributed by atoms with Gasteiger partial charge in [0.15, 0.2) is 11.6 Å². The molecule has 6 heteroatoms. The summed E-state index contributed by atoms with van der Waals surface area (Å²) in [5.74, 6) is -1.41. The fourth-order valence-electron chi connectivity index (χ4n) is 1.13. The van der Waals surface area contributed by atoms with E-state index in [1.165, 1.54) is 12.3 Å². The van der Waals surface area contributed by atoms with Gasteiger partial charge < -0.3 is 5.32 Å². The van der Waals surface area contributed by atoms with Crippen LogP contribution in [0, 0.1) is 11.6 Å². The molecule has 0 aliphatic heterocycles. The third kappa shape index (κ3) is 2.43. The lowest BCUT2D eigenvalue weighted by molar-refractivity contribution is 0.509. The van der Waals surface area contributed by atoms with Gasteiger partial charge in [0.2, 0.25) is 5.28 Å². The summed E-state index contributed by atoms with van der Waals surface area (Å²) in [5.41, 5.74) is 0.383. The van der Waals surface area contributed by atoms with Crippen LogP contribution in [0.15, 0.2) is 30.5 Å². The summed E-state index contributed by atoms with van der Waals surface area (Å²) in [6, 6.07) is 5.02. The van der Waals surface area contributed by atoms with Crippen molar-refractivity contribution in [2.45, 2.75) is 0 Å². The number of hydrogen-bond donors (Lipinski definition) is 1. The molecule has 1 aromatic heterocycles. The Morgan fingerprint density at radius 2 is 1.94 bits per heavy atom. The molecule has 16 heavy (non-hydrogen) atoms. The Hall–Kier alpha value is -1.75. The molecule has 2 rings (SSSR count). The van der Waals surface area contributed by atoms with Crippen LogP contribution in [0.5, 0.6) is 0 Å². The van der Waals surface area contributed by atoms with E-state index in [1.807, 2.05) is 0 Å². The summed E-state index contributed by atoms with van der Waals surface area (Å²) in [6.45, 7) is 0. The lowest BCUT2D eigenvalue weighted by atomic mass is 10.3. The van der Waals surface area contributed by atoms with Crippen LogP contribution in [0.2, 0.25) is 5.28 Å². The first-order valence-electron chi connectivity index (χ1n) is 4.36. The molecule has 0 amide bonds. The molecule has 0 atom stereocenters. The second kappa shape index (κ2) is 4.40. The van der Waals surface area contributed by atoms with Gasteiger partial charge in [-0.25, -0.2) is 18.7 Å². The maximum absolute atomic E-state index is 12.9. The van der Waals surface area contributed by atoms with Crippen LogP contribution in [-0.4, -0.2) is 9.97 Å². The highest BCUT2D eigenvalue weighted by Crippen LogP contribution is 2.17. The molecular formula is C10H6ClF2N3. The van der Waals surface area contributed by atoms with Crippen molar-refractivity contribution in [2.75, 3.05) is 5.32 Å². The molecule has 0 saturated carbocycles. The fourth-order valence-corrected chi connectivity index (χ4v) is 1.27. The quantitative estimate of drug-likeness (QED) is 0.821. The topological polar surface area (TPSA) is 37.8 Å². The van der Waals surface area contributed by atoms with E-state index in [0.717, 1.165) is 12.1 Å².